The Morgan fingerprint density at radius 2 is 1.96 bits per heavy atom. The molecule has 1 atom stereocenters. The predicted octanol–water partition coefficient (Wildman–Crippen LogP) is 2.97. The van der Waals surface area contributed by atoms with E-state index in [1.165, 1.54) is 18.2 Å². The van der Waals surface area contributed by atoms with E-state index in [0.717, 1.165) is 25.9 Å². The van der Waals surface area contributed by atoms with E-state index in [1.54, 1.807) is 6.33 Å². The maximum Gasteiger partial charge on any atom is 0.188 e. The summed E-state index contributed by atoms with van der Waals surface area (Å²) in [5.74, 6) is 0.328. The molecule has 1 aliphatic heterocycles. The van der Waals surface area contributed by atoms with Gasteiger partial charge in [-0.15, -0.1) is 12.6 Å². The van der Waals surface area contributed by atoms with Crippen LogP contribution in [-0.4, -0.2) is 36.3 Å². The molecule has 0 aliphatic carbocycles. The van der Waals surface area contributed by atoms with Crippen molar-refractivity contribution in [1.29, 1.82) is 0 Å². The molecule has 0 amide bonds. The van der Waals surface area contributed by atoms with E-state index >= 15 is 0 Å². The van der Waals surface area contributed by atoms with E-state index in [4.69, 9.17) is 4.74 Å². The summed E-state index contributed by atoms with van der Waals surface area (Å²) in [6, 6.07) is 4.21. The van der Waals surface area contributed by atoms with Crippen LogP contribution < -0.4 is 5.32 Å². The van der Waals surface area contributed by atoms with Crippen LogP contribution >= 0.6 is 12.6 Å². The lowest BCUT2D eigenvalue weighted by Crippen LogP contribution is -2.17. The number of fused-ring (bicyclic) bond motifs is 1. The molecule has 0 bridgehead atoms. The first kappa shape index (κ1) is 16.0. The smallest absolute Gasteiger partial charge is 0.188 e. The number of imidazole rings is 1. The summed E-state index contributed by atoms with van der Waals surface area (Å²) in [7, 11) is 0. The van der Waals surface area contributed by atoms with Crippen molar-refractivity contribution >= 4 is 35.3 Å². The Hall–Kier alpha value is -2.52. The van der Waals surface area contributed by atoms with Crippen molar-refractivity contribution < 1.29 is 14.9 Å². The molecule has 1 aromatic carbocycles. The molecule has 2 aromatic heterocycles. The number of benzene rings is 1. The van der Waals surface area contributed by atoms with Crippen LogP contribution in [0.3, 0.4) is 0 Å². The minimum atomic E-state index is -0.0981. The number of aromatic hydroxyl groups is 2. The Bertz CT molecular complexity index is 903. The third-order valence-electron chi connectivity index (χ3n) is 4.04. The fourth-order valence-electron chi connectivity index (χ4n) is 2.95. The lowest BCUT2D eigenvalue weighted by molar-refractivity contribution is -0.0298. The number of aromatic nitrogens is 4. The van der Waals surface area contributed by atoms with Gasteiger partial charge in [-0.2, -0.15) is 0 Å². The van der Waals surface area contributed by atoms with E-state index in [0.29, 0.717) is 22.7 Å². The van der Waals surface area contributed by atoms with Gasteiger partial charge in [0.25, 0.3) is 0 Å². The zero-order valence-corrected chi connectivity index (χ0v) is 14.1. The second kappa shape index (κ2) is 6.41. The molecule has 130 valence electrons. The summed E-state index contributed by atoms with van der Waals surface area (Å²) in [4.78, 5) is 13.1. The molecule has 0 spiro atoms. The van der Waals surface area contributed by atoms with Crippen LogP contribution in [0.2, 0.25) is 0 Å². The van der Waals surface area contributed by atoms with Crippen molar-refractivity contribution in [2.75, 3.05) is 11.9 Å². The van der Waals surface area contributed by atoms with Gasteiger partial charge in [0.2, 0.25) is 0 Å². The second-order valence-corrected chi connectivity index (χ2v) is 6.28. The highest BCUT2D eigenvalue weighted by atomic mass is 32.1. The molecule has 0 saturated carbocycles. The van der Waals surface area contributed by atoms with E-state index in [-0.39, 0.29) is 22.9 Å². The molecule has 0 radical (unpaired) electrons. The van der Waals surface area contributed by atoms with E-state index in [1.807, 2.05) is 4.57 Å². The zero-order chi connectivity index (χ0) is 17.4. The van der Waals surface area contributed by atoms with Crippen LogP contribution in [0.5, 0.6) is 11.5 Å². The Balaban J connectivity index is 1.75. The van der Waals surface area contributed by atoms with Crippen LogP contribution in [-0.2, 0) is 4.74 Å². The van der Waals surface area contributed by atoms with Gasteiger partial charge in [0.1, 0.15) is 17.7 Å². The van der Waals surface area contributed by atoms with Gasteiger partial charge >= 0.3 is 0 Å². The Morgan fingerprint density at radius 1 is 1.16 bits per heavy atom. The zero-order valence-electron chi connectivity index (χ0n) is 13.3. The monoisotopic (exact) mass is 359 g/mol. The Labute approximate surface area is 148 Å². The average molecular weight is 359 g/mol. The third kappa shape index (κ3) is 3.20. The highest BCUT2D eigenvalue weighted by Gasteiger charge is 2.21. The third-order valence-corrected chi connectivity index (χ3v) is 4.24. The topological polar surface area (TPSA) is 105 Å². The molecule has 1 fully saturated rings. The summed E-state index contributed by atoms with van der Waals surface area (Å²) in [5.41, 5.74) is 1.67. The van der Waals surface area contributed by atoms with Gasteiger partial charge in [0, 0.05) is 30.5 Å². The van der Waals surface area contributed by atoms with Gasteiger partial charge in [-0.05, 0) is 19.3 Å². The van der Waals surface area contributed by atoms with Gasteiger partial charge in [0.05, 0.1) is 6.33 Å². The average Bonchev–Trinajstić information content (AvgIpc) is 2.98. The van der Waals surface area contributed by atoms with Crippen LogP contribution in [0, 0.1) is 0 Å². The number of phenols is 2. The second-order valence-electron chi connectivity index (χ2n) is 5.88. The van der Waals surface area contributed by atoms with E-state index in [2.05, 4.69) is 32.9 Å². The van der Waals surface area contributed by atoms with E-state index < -0.39 is 0 Å². The summed E-state index contributed by atoms with van der Waals surface area (Å²) in [6.07, 6.45) is 4.65. The van der Waals surface area contributed by atoms with E-state index in [9.17, 15) is 10.2 Å². The van der Waals surface area contributed by atoms with Crippen LogP contribution in [0.25, 0.3) is 11.2 Å². The molecule has 1 aliphatic rings. The molecule has 3 N–H and O–H groups in total. The van der Waals surface area contributed by atoms with Gasteiger partial charge in [-0.1, -0.05) is 0 Å². The van der Waals surface area contributed by atoms with Crippen molar-refractivity contribution in [3.63, 3.8) is 0 Å². The molecule has 8 nitrogen and oxygen atoms in total. The molecule has 3 aromatic rings. The summed E-state index contributed by atoms with van der Waals surface area (Å²) in [6.45, 7) is 0.719. The molecule has 9 heteroatoms. The Kier molecular flexibility index (Phi) is 4.10. The first-order chi connectivity index (χ1) is 12.1. The maximum atomic E-state index is 9.63. The van der Waals surface area contributed by atoms with Crippen molar-refractivity contribution in [3.05, 3.63) is 24.5 Å². The van der Waals surface area contributed by atoms with Gasteiger partial charge in [-0.3, -0.25) is 4.57 Å². The maximum absolute atomic E-state index is 9.63. The van der Waals surface area contributed by atoms with Crippen molar-refractivity contribution in [1.82, 2.24) is 19.5 Å². The number of nitrogens with zero attached hydrogens (tertiary/aromatic N) is 4. The van der Waals surface area contributed by atoms with Crippen molar-refractivity contribution in [2.45, 2.75) is 30.6 Å². The lowest BCUT2D eigenvalue weighted by atomic mass is 10.2. The molecule has 4 rings (SSSR count). The largest absolute Gasteiger partial charge is 0.508 e. The van der Waals surface area contributed by atoms with Crippen LogP contribution in [0.15, 0.2) is 29.7 Å². The molecular weight excluding hydrogens is 342 g/mol. The van der Waals surface area contributed by atoms with Gasteiger partial charge < -0.3 is 20.3 Å². The number of nitrogens with one attached hydrogen (secondary N) is 1. The number of phenolic OH excluding ortho intramolecular Hbond substituents is 2. The quantitative estimate of drug-likeness (QED) is 0.421. The number of anilines is 2. The summed E-state index contributed by atoms with van der Waals surface area (Å²) >= 11 is 4.28. The SMILES string of the molecule is Oc1cc(O)cc(Nc2nc(S)nc3c2ncn3C2CCCCO2)c1. The predicted molar refractivity (Wildman–Crippen MR) is 94.5 cm³/mol. The van der Waals surface area contributed by atoms with Gasteiger partial charge in [-0.25, -0.2) is 15.0 Å². The fraction of sp³-hybridized carbons (Fsp3) is 0.312. The summed E-state index contributed by atoms with van der Waals surface area (Å²) in [5, 5.41) is 22.6. The fourth-order valence-corrected chi connectivity index (χ4v) is 3.14. The number of hydrogen-bond acceptors (Lipinski definition) is 8. The normalized spacial score (nSPS) is 17.7. The van der Waals surface area contributed by atoms with Crippen molar-refractivity contribution in [3.8, 4) is 11.5 Å². The number of thiol groups is 1. The molecule has 3 heterocycles. The summed E-state index contributed by atoms with van der Waals surface area (Å²) < 4.78 is 7.70. The number of rotatable bonds is 3. The molecule has 1 saturated heterocycles. The van der Waals surface area contributed by atoms with Gasteiger partial charge in [0.15, 0.2) is 22.1 Å². The van der Waals surface area contributed by atoms with Crippen molar-refractivity contribution in [2.24, 2.45) is 0 Å². The minimum absolute atomic E-state index is 0.0555. The number of ether oxygens (including phenoxy) is 1. The highest BCUT2D eigenvalue weighted by molar-refractivity contribution is 7.80. The first-order valence-corrected chi connectivity index (χ1v) is 8.40. The molecule has 1 unspecified atom stereocenters. The standard InChI is InChI=1S/C16H17N5O3S/c22-10-5-9(6-11(23)7-10)18-14-13-15(20-16(25)19-14)21(8-17-13)12-3-1-2-4-24-12/h5-8,12,22-23H,1-4H2,(H2,18,19,20,25). The molecule has 25 heavy (non-hydrogen) atoms. The highest BCUT2D eigenvalue weighted by Crippen LogP contribution is 2.31. The lowest BCUT2D eigenvalue weighted by Gasteiger charge is -2.23. The Morgan fingerprint density at radius 3 is 2.68 bits per heavy atom. The van der Waals surface area contributed by atoms with Crippen LogP contribution in [0.1, 0.15) is 25.5 Å². The number of hydrogen-bond donors (Lipinski definition) is 4. The van der Waals surface area contributed by atoms with Crippen LogP contribution in [0.4, 0.5) is 11.5 Å². The molecular formula is C16H17N5O3S. The minimum Gasteiger partial charge on any atom is -0.508 e. The first-order valence-electron chi connectivity index (χ1n) is 7.95.